The van der Waals surface area contributed by atoms with Crippen LogP contribution in [0.15, 0.2) is 71.9 Å². The first-order valence-electron chi connectivity index (χ1n) is 10.9. The number of rotatable bonds is 6. The fourth-order valence-electron chi connectivity index (χ4n) is 3.75. The molecule has 3 aromatic rings. The normalized spacial score (nSPS) is 13.9. The molecule has 1 aliphatic heterocycles. The molecule has 0 spiro atoms. The first-order valence-corrected chi connectivity index (χ1v) is 12.3. The van der Waals surface area contributed by atoms with Crippen LogP contribution in [0.25, 0.3) is 0 Å². The summed E-state index contributed by atoms with van der Waals surface area (Å²) in [5, 5.41) is 2.57. The van der Waals surface area contributed by atoms with Crippen molar-refractivity contribution in [3.05, 3.63) is 78.4 Å². The zero-order chi connectivity index (χ0) is 25.0. The van der Waals surface area contributed by atoms with Gasteiger partial charge in [-0.05, 0) is 54.6 Å². The Morgan fingerprint density at radius 2 is 1.57 bits per heavy atom. The molecule has 1 saturated heterocycles. The summed E-state index contributed by atoms with van der Waals surface area (Å²) < 4.78 is 41.1. The molecule has 2 N–H and O–H groups in total. The molecule has 4 rings (SSSR count). The van der Waals surface area contributed by atoms with Gasteiger partial charge in [0.1, 0.15) is 5.82 Å². The van der Waals surface area contributed by atoms with Gasteiger partial charge in [-0.25, -0.2) is 12.8 Å². The van der Waals surface area contributed by atoms with E-state index in [9.17, 15) is 22.4 Å². The molecule has 0 aliphatic carbocycles. The molecule has 2 heterocycles. The SMILES string of the molecule is CC(=O)Nc1ccc(S(=O)(=O)Nc2cncc(C(=O)N3CCN(c4ccc(F)cc4)CC3)c2)cc1. The summed E-state index contributed by atoms with van der Waals surface area (Å²) in [5.41, 5.74) is 1.79. The number of hydrogen-bond acceptors (Lipinski definition) is 6. The number of sulfonamides is 1. The molecule has 0 bridgehead atoms. The van der Waals surface area contributed by atoms with Crippen molar-refractivity contribution in [2.24, 2.45) is 0 Å². The van der Waals surface area contributed by atoms with Gasteiger partial charge in [-0.3, -0.25) is 19.3 Å². The molecule has 0 radical (unpaired) electrons. The molecule has 2 amide bonds. The third-order valence-electron chi connectivity index (χ3n) is 5.48. The van der Waals surface area contributed by atoms with E-state index in [-0.39, 0.29) is 33.8 Å². The number of carbonyl (C=O) groups is 2. The van der Waals surface area contributed by atoms with Gasteiger partial charge in [-0.1, -0.05) is 0 Å². The zero-order valence-corrected chi connectivity index (χ0v) is 19.8. The van der Waals surface area contributed by atoms with Crippen molar-refractivity contribution in [3.8, 4) is 0 Å². The maximum absolute atomic E-state index is 13.2. The van der Waals surface area contributed by atoms with Crippen molar-refractivity contribution in [3.63, 3.8) is 0 Å². The molecule has 182 valence electrons. The zero-order valence-electron chi connectivity index (χ0n) is 18.9. The summed E-state index contributed by atoms with van der Waals surface area (Å²) >= 11 is 0. The summed E-state index contributed by atoms with van der Waals surface area (Å²) in [7, 11) is -3.93. The smallest absolute Gasteiger partial charge is 0.261 e. The summed E-state index contributed by atoms with van der Waals surface area (Å²) in [5.74, 6) is -0.812. The minimum atomic E-state index is -3.93. The number of anilines is 3. The molecule has 11 heteroatoms. The number of amides is 2. The second-order valence-corrected chi connectivity index (χ2v) is 9.71. The van der Waals surface area contributed by atoms with E-state index in [4.69, 9.17) is 0 Å². The average molecular weight is 498 g/mol. The van der Waals surface area contributed by atoms with E-state index in [0.29, 0.717) is 31.9 Å². The highest BCUT2D eigenvalue weighted by Gasteiger charge is 2.23. The topological polar surface area (TPSA) is 112 Å². The molecule has 1 fully saturated rings. The van der Waals surface area contributed by atoms with E-state index in [2.05, 4.69) is 19.9 Å². The van der Waals surface area contributed by atoms with Gasteiger partial charge in [0.15, 0.2) is 0 Å². The minimum absolute atomic E-state index is 0.000228. The predicted molar refractivity (Wildman–Crippen MR) is 130 cm³/mol. The third kappa shape index (κ3) is 5.93. The molecule has 0 saturated carbocycles. The van der Waals surface area contributed by atoms with E-state index in [1.54, 1.807) is 17.0 Å². The molecule has 9 nitrogen and oxygen atoms in total. The van der Waals surface area contributed by atoms with E-state index < -0.39 is 10.0 Å². The Labute approximate surface area is 202 Å². The molecule has 0 unspecified atom stereocenters. The van der Waals surface area contributed by atoms with Gasteiger partial charge in [-0.2, -0.15) is 0 Å². The van der Waals surface area contributed by atoms with Gasteiger partial charge in [0.2, 0.25) is 5.91 Å². The van der Waals surface area contributed by atoms with Crippen LogP contribution in [0.4, 0.5) is 21.5 Å². The van der Waals surface area contributed by atoms with Crippen molar-refractivity contribution < 1.29 is 22.4 Å². The quantitative estimate of drug-likeness (QED) is 0.542. The van der Waals surface area contributed by atoms with Gasteiger partial charge in [0.05, 0.1) is 22.3 Å². The Kier molecular flexibility index (Phi) is 6.97. The Hall–Kier alpha value is -3.99. The monoisotopic (exact) mass is 497 g/mol. The third-order valence-corrected chi connectivity index (χ3v) is 6.88. The van der Waals surface area contributed by atoms with Crippen molar-refractivity contribution in [1.82, 2.24) is 9.88 Å². The molecule has 0 atom stereocenters. The van der Waals surface area contributed by atoms with Crippen molar-refractivity contribution in [1.29, 1.82) is 0 Å². The van der Waals surface area contributed by atoms with Crippen LogP contribution >= 0.6 is 0 Å². The number of nitrogens with one attached hydrogen (secondary N) is 2. The van der Waals surface area contributed by atoms with E-state index in [0.717, 1.165) is 5.69 Å². The number of hydrogen-bond donors (Lipinski definition) is 2. The van der Waals surface area contributed by atoms with Crippen LogP contribution in [0.5, 0.6) is 0 Å². The van der Waals surface area contributed by atoms with Crippen LogP contribution in [0, 0.1) is 5.82 Å². The lowest BCUT2D eigenvalue weighted by atomic mass is 10.2. The largest absolute Gasteiger partial charge is 0.368 e. The minimum Gasteiger partial charge on any atom is -0.368 e. The van der Waals surface area contributed by atoms with Gasteiger partial charge in [-0.15, -0.1) is 0 Å². The highest BCUT2D eigenvalue weighted by Crippen LogP contribution is 2.21. The van der Waals surface area contributed by atoms with E-state index >= 15 is 0 Å². The summed E-state index contributed by atoms with van der Waals surface area (Å²) in [6.07, 6.45) is 2.72. The fourth-order valence-corrected chi connectivity index (χ4v) is 4.78. The highest BCUT2D eigenvalue weighted by atomic mass is 32.2. The summed E-state index contributed by atoms with van der Waals surface area (Å²) in [6, 6.07) is 13.4. The number of halogens is 1. The van der Waals surface area contributed by atoms with Gasteiger partial charge < -0.3 is 15.1 Å². The lowest BCUT2D eigenvalue weighted by Gasteiger charge is -2.36. The number of benzene rings is 2. The van der Waals surface area contributed by atoms with Crippen LogP contribution in [-0.4, -0.2) is 56.3 Å². The number of nitrogens with zero attached hydrogens (tertiary/aromatic N) is 3. The van der Waals surface area contributed by atoms with Gasteiger partial charge >= 0.3 is 0 Å². The van der Waals surface area contributed by atoms with Gasteiger partial charge in [0.25, 0.3) is 15.9 Å². The van der Waals surface area contributed by atoms with E-state index in [1.165, 1.54) is 61.8 Å². The van der Waals surface area contributed by atoms with Crippen molar-refractivity contribution in [2.75, 3.05) is 41.1 Å². The summed E-state index contributed by atoms with van der Waals surface area (Å²) in [4.78, 5) is 31.9. The van der Waals surface area contributed by atoms with Gasteiger partial charge in [0, 0.05) is 50.7 Å². The number of pyridine rings is 1. The van der Waals surface area contributed by atoms with Crippen molar-refractivity contribution >= 4 is 38.9 Å². The summed E-state index contributed by atoms with van der Waals surface area (Å²) in [6.45, 7) is 3.47. The van der Waals surface area contributed by atoms with Crippen molar-refractivity contribution in [2.45, 2.75) is 11.8 Å². The lowest BCUT2D eigenvalue weighted by molar-refractivity contribution is -0.114. The second-order valence-electron chi connectivity index (χ2n) is 8.03. The number of piperazine rings is 1. The standard InChI is InChI=1S/C24H24FN5O4S/c1-17(31)27-20-4-8-23(9-5-20)35(33,34)28-21-14-18(15-26-16-21)24(32)30-12-10-29(11-13-30)22-6-2-19(25)3-7-22/h2-9,14-16,28H,10-13H2,1H3,(H,27,31). The molecule has 1 aliphatic rings. The first-order chi connectivity index (χ1) is 16.7. The van der Waals surface area contributed by atoms with E-state index in [1.807, 2.05) is 0 Å². The van der Waals surface area contributed by atoms with Crippen LogP contribution in [-0.2, 0) is 14.8 Å². The number of aromatic nitrogens is 1. The molecule has 1 aromatic heterocycles. The Morgan fingerprint density at radius 1 is 0.914 bits per heavy atom. The van der Waals surface area contributed by atoms with Crippen LogP contribution in [0.3, 0.4) is 0 Å². The molecule has 35 heavy (non-hydrogen) atoms. The first kappa shape index (κ1) is 24.1. The molecular weight excluding hydrogens is 473 g/mol. The molecular formula is C24H24FN5O4S. The second kappa shape index (κ2) is 10.1. The Bertz CT molecular complexity index is 1320. The highest BCUT2D eigenvalue weighted by molar-refractivity contribution is 7.92. The van der Waals surface area contributed by atoms with Crippen LogP contribution in [0.2, 0.25) is 0 Å². The van der Waals surface area contributed by atoms with Crippen LogP contribution in [0.1, 0.15) is 17.3 Å². The maximum Gasteiger partial charge on any atom is 0.261 e. The van der Waals surface area contributed by atoms with Crippen LogP contribution < -0.4 is 14.9 Å². The number of carbonyl (C=O) groups excluding carboxylic acids is 2. The average Bonchev–Trinajstić information content (AvgIpc) is 2.84. The maximum atomic E-state index is 13.2. The lowest BCUT2D eigenvalue weighted by Crippen LogP contribution is -2.48. The molecule has 2 aromatic carbocycles. The Morgan fingerprint density at radius 3 is 2.20 bits per heavy atom. The Balaban J connectivity index is 1.40. The fraction of sp³-hybridized carbons (Fsp3) is 0.208. The predicted octanol–water partition coefficient (Wildman–Crippen LogP) is 2.94.